The summed E-state index contributed by atoms with van der Waals surface area (Å²) < 4.78 is 0. The fourth-order valence-electron chi connectivity index (χ4n) is 13.2. The maximum absolute atomic E-state index is 6.02. The average molecular weight is 953 g/mol. The number of nitrogens with one attached hydrogen (secondary N) is 1. The fraction of sp³-hybridized carbons (Fsp3) is 0.314. The second-order valence-corrected chi connectivity index (χ2v) is 24.9. The van der Waals surface area contributed by atoms with Crippen LogP contribution in [0.25, 0.3) is 27.8 Å². The highest BCUT2D eigenvalue weighted by molar-refractivity contribution is 6.73. The molecule has 366 valence electrons. The summed E-state index contributed by atoms with van der Waals surface area (Å²) in [6, 6.07) is 46.9. The Labute approximate surface area is 438 Å². The number of terminal acetylenes is 1. The van der Waals surface area contributed by atoms with Gasteiger partial charge < -0.3 is 10.2 Å². The Morgan fingerprint density at radius 2 is 1.23 bits per heavy atom. The van der Waals surface area contributed by atoms with Gasteiger partial charge in [-0.25, -0.2) is 0 Å². The van der Waals surface area contributed by atoms with Gasteiger partial charge in [-0.15, -0.1) is 6.42 Å². The first-order chi connectivity index (χ1) is 34.7. The molecule has 0 bridgehead atoms. The van der Waals surface area contributed by atoms with E-state index in [1.54, 1.807) is 0 Å². The zero-order chi connectivity index (χ0) is 51.4. The molecule has 11 rings (SSSR count). The van der Waals surface area contributed by atoms with Crippen molar-refractivity contribution in [3.8, 4) is 34.6 Å². The van der Waals surface area contributed by atoms with Crippen LogP contribution in [-0.2, 0) is 34.5 Å². The molecule has 0 amide bonds. The van der Waals surface area contributed by atoms with Gasteiger partial charge >= 0.3 is 0 Å². The van der Waals surface area contributed by atoms with Crippen molar-refractivity contribution in [3.63, 3.8) is 0 Å². The summed E-state index contributed by atoms with van der Waals surface area (Å²) in [5.74, 6) is 2.85. The van der Waals surface area contributed by atoms with Crippen molar-refractivity contribution in [2.75, 3.05) is 10.2 Å². The van der Waals surface area contributed by atoms with Gasteiger partial charge in [0.2, 0.25) is 0 Å². The van der Waals surface area contributed by atoms with E-state index in [1.165, 1.54) is 142 Å². The minimum Gasteiger partial charge on any atom is -0.355 e. The second kappa shape index (κ2) is 17.7. The molecular formula is C70H73BN2. The van der Waals surface area contributed by atoms with Gasteiger partial charge in [0, 0.05) is 34.0 Å². The molecule has 3 aliphatic carbocycles. The maximum atomic E-state index is 6.02. The molecule has 0 saturated heterocycles. The predicted octanol–water partition coefficient (Wildman–Crippen LogP) is 16.7. The Balaban J connectivity index is 1.22. The largest absolute Gasteiger partial charge is 0.355 e. The summed E-state index contributed by atoms with van der Waals surface area (Å²) in [6.45, 7) is 28.7. The topological polar surface area (TPSA) is 15.3 Å². The Kier molecular flexibility index (Phi) is 11.8. The number of anilines is 5. The van der Waals surface area contributed by atoms with Crippen LogP contribution in [0.5, 0.6) is 0 Å². The minimum atomic E-state index is 0.0413. The Bertz CT molecular complexity index is 3510. The Morgan fingerprint density at radius 3 is 1.93 bits per heavy atom. The van der Waals surface area contributed by atoms with Crippen molar-refractivity contribution < 1.29 is 0 Å². The molecule has 1 heterocycles. The van der Waals surface area contributed by atoms with Gasteiger partial charge in [-0.3, -0.25) is 0 Å². The molecule has 7 aromatic rings. The SMILES string of the molecule is C#C/C=C\C1=C(C)Cc2c1cc1c(c2-c2cc(Cc3ccccc3C)c(C)cc2Nc2ccc3c(c2)C(C)(C)CCC3(C)C)Bc2cc(-c3ccccc3)ccc2N1c1cc2c(cc1C)C(C)(C)CCC2(C)C. The first kappa shape index (κ1) is 48.5. The first-order valence-corrected chi connectivity index (χ1v) is 27.0. The lowest BCUT2D eigenvalue weighted by atomic mass is 9.57. The van der Waals surface area contributed by atoms with Crippen LogP contribution in [0.3, 0.4) is 0 Å². The van der Waals surface area contributed by atoms with E-state index in [2.05, 4.69) is 227 Å². The predicted molar refractivity (Wildman–Crippen MR) is 316 cm³/mol. The molecule has 3 heteroatoms. The Morgan fingerprint density at radius 1 is 0.575 bits per heavy atom. The summed E-state index contributed by atoms with van der Waals surface area (Å²) in [6.07, 6.45) is 16.5. The summed E-state index contributed by atoms with van der Waals surface area (Å²) in [5, 5.41) is 4.17. The summed E-state index contributed by atoms with van der Waals surface area (Å²) >= 11 is 0. The van der Waals surface area contributed by atoms with E-state index >= 15 is 0 Å². The van der Waals surface area contributed by atoms with Gasteiger partial charge in [0.05, 0.1) is 0 Å². The van der Waals surface area contributed by atoms with Crippen molar-refractivity contribution in [1.29, 1.82) is 0 Å². The van der Waals surface area contributed by atoms with E-state index in [0.29, 0.717) is 0 Å². The van der Waals surface area contributed by atoms with Crippen molar-refractivity contribution >= 4 is 52.2 Å². The van der Waals surface area contributed by atoms with E-state index in [-0.39, 0.29) is 21.7 Å². The normalized spacial score (nSPS) is 17.5. The standard InChI is InChI=1S/C70H73BN2/c1-14-15-25-52-45(4)34-54-53(52)41-64-66(71-60-39-49(47-22-17-16-18-23-47)26-29-62(60)73(64)63-42-59-57(35-46(63)5)68(8,9)32-33-70(59,12)13)65(54)55-38-50(37-48-24-20-19-21-43(48)2)44(3)36-61(55)72-51-27-28-56-58(40-51)69(10,11)31-30-67(56,6)7/h1,15-29,35-36,38-42,71-72H,30-34,37H2,2-13H3/b25-15-. The highest BCUT2D eigenvalue weighted by Gasteiger charge is 2.41. The third-order valence-corrected chi connectivity index (χ3v) is 18.0. The van der Waals surface area contributed by atoms with Gasteiger partial charge in [-0.05, 0) is 231 Å². The number of aryl methyl sites for hydroxylation is 3. The second-order valence-electron chi connectivity index (χ2n) is 24.9. The molecule has 73 heavy (non-hydrogen) atoms. The minimum absolute atomic E-state index is 0.0413. The number of hydrogen-bond acceptors (Lipinski definition) is 2. The maximum Gasteiger partial charge on any atom is 0.198 e. The lowest BCUT2D eigenvalue weighted by Crippen LogP contribution is -2.42. The Hall–Kier alpha value is -6.76. The molecule has 0 saturated carbocycles. The molecule has 0 fully saturated rings. The van der Waals surface area contributed by atoms with Crippen LogP contribution in [0.15, 0.2) is 139 Å². The van der Waals surface area contributed by atoms with Gasteiger partial charge in [-0.1, -0.05) is 151 Å². The van der Waals surface area contributed by atoms with Gasteiger partial charge in [0.1, 0.15) is 0 Å². The molecule has 0 radical (unpaired) electrons. The molecule has 0 spiro atoms. The summed E-state index contributed by atoms with van der Waals surface area (Å²) in [4.78, 5) is 2.65. The van der Waals surface area contributed by atoms with E-state index in [4.69, 9.17) is 6.42 Å². The van der Waals surface area contributed by atoms with Crippen LogP contribution in [0.4, 0.5) is 28.4 Å². The van der Waals surface area contributed by atoms with Gasteiger partial charge in [0.15, 0.2) is 7.28 Å². The van der Waals surface area contributed by atoms with E-state index in [9.17, 15) is 0 Å². The quantitative estimate of drug-likeness (QED) is 0.121. The van der Waals surface area contributed by atoms with E-state index < -0.39 is 0 Å². The molecule has 0 aromatic heterocycles. The molecule has 1 aliphatic heterocycles. The van der Waals surface area contributed by atoms with Gasteiger partial charge in [0.25, 0.3) is 0 Å². The van der Waals surface area contributed by atoms with Gasteiger partial charge in [-0.2, -0.15) is 0 Å². The average Bonchev–Trinajstić information content (AvgIpc) is 3.68. The molecular weight excluding hydrogens is 880 g/mol. The van der Waals surface area contributed by atoms with Crippen molar-refractivity contribution in [2.24, 2.45) is 0 Å². The van der Waals surface area contributed by atoms with Crippen LogP contribution in [-0.4, -0.2) is 7.28 Å². The van der Waals surface area contributed by atoms with Crippen LogP contribution >= 0.6 is 0 Å². The number of rotatable bonds is 8. The van der Waals surface area contributed by atoms with Crippen molar-refractivity contribution in [2.45, 2.75) is 143 Å². The fourth-order valence-corrected chi connectivity index (χ4v) is 13.2. The van der Waals surface area contributed by atoms with Crippen molar-refractivity contribution in [3.05, 3.63) is 200 Å². The summed E-state index contributed by atoms with van der Waals surface area (Å²) in [5.41, 5.74) is 31.9. The van der Waals surface area contributed by atoms with Crippen LogP contribution in [0, 0.1) is 33.1 Å². The van der Waals surface area contributed by atoms with E-state index in [0.717, 1.165) is 37.9 Å². The number of nitrogens with zero attached hydrogens (tertiary/aromatic N) is 1. The number of fused-ring (bicyclic) bond motifs is 5. The monoisotopic (exact) mass is 953 g/mol. The van der Waals surface area contributed by atoms with Crippen molar-refractivity contribution in [1.82, 2.24) is 0 Å². The smallest absolute Gasteiger partial charge is 0.198 e. The molecule has 4 aliphatic rings. The third-order valence-electron chi connectivity index (χ3n) is 18.0. The zero-order valence-electron chi connectivity index (χ0n) is 45.7. The zero-order valence-corrected chi connectivity index (χ0v) is 45.7. The van der Waals surface area contributed by atoms with Crippen LogP contribution < -0.4 is 21.1 Å². The highest BCUT2D eigenvalue weighted by Crippen LogP contribution is 2.53. The molecule has 7 aromatic carbocycles. The lowest BCUT2D eigenvalue weighted by molar-refractivity contribution is 0.332. The number of hydrogen-bond donors (Lipinski definition) is 1. The molecule has 2 nitrogen and oxygen atoms in total. The van der Waals surface area contributed by atoms with Crippen LogP contribution in [0.2, 0.25) is 0 Å². The highest BCUT2D eigenvalue weighted by atomic mass is 15.2. The summed E-state index contributed by atoms with van der Waals surface area (Å²) in [7, 11) is 0.796. The van der Waals surface area contributed by atoms with E-state index in [1.807, 2.05) is 6.08 Å². The molecule has 0 atom stereocenters. The first-order valence-electron chi connectivity index (χ1n) is 27.0. The molecule has 0 unspecified atom stereocenters. The molecule has 1 N–H and O–H groups in total. The number of benzene rings is 7. The van der Waals surface area contributed by atoms with Crippen LogP contribution in [0.1, 0.15) is 149 Å². The third kappa shape index (κ3) is 8.40. The lowest BCUT2D eigenvalue weighted by Gasteiger charge is -2.44. The number of allylic oxidation sites excluding steroid dienone is 4.